The highest BCUT2D eigenvalue weighted by Crippen LogP contribution is 2.01. The van der Waals surface area contributed by atoms with Crippen LogP contribution in [0.2, 0.25) is 0 Å². The predicted molar refractivity (Wildman–Crippen MR) is 53.0 cm³/mol. The second kappa shape index (κ2) is 9.44. The molecular weight excluding hydrogens is 190 g/mol. The van der Waals surface area contributed by atoms with Gasteiger partial charge in [-0.25, -0.2) is 0 Å². The van der Waals surface area contributed by atoms with Crippen molar-refractivity contribution in [1.29, 1.82) is 0 Å². The van der Waals surface area contributed by atoms with E-state index in [2.05, 4.69) is 19.2 Å². The van der Waals surface area contributed by atoms with Crippen LogP contribution < -0.4 is 5.32 Å². The predicted octanol–water partition coefficient (Wildman–Crippen LogP) is 2.75. The zero-order valence-electron chi connectivity index (χ0n) is 7.31. The molecule has 0 fully saturated rings. The molecule has 0 aromatic heterocycles. The minimum atomic E-state index is 0. The molecule has 1 unspecified atom stereocenters. The molecule has 0 radical (unpaired) electrons. The number of rotatable bonds is 5. The molecule has 0 aromatic rings. The van der Waals surface area contributed by atoms with E-state index in [1.807, 2.05) is 7.05 Å². The van der Waals surface area contributed by atoms with Crippen molar-refractivity contribution in [2.24, 2.45) is 0 Å². The van der Waals surface area contributed by atoms with E-state index in [1.54, 1.807) is 0 Å². The van der Waals surface area contributed by atoms with Crippen LogP contribution in [0.4, 0.5) is 0 Å². The van der Waals surface area contributed by atoms with Gasteiger partial charge in [0.25, 0.3) is 0 Å². The summed E-state index contributed by atoms with van der Waals surface area (Å²) >= 11 is 0. The Hall–Kier alpha value is 0.440. The van der Waals surface area contributed by atoms with E-state index in [9.17, 15) is 0 Å². The zero-order valence-corrected chi connectivity index (χ0v) is 9.03. The monoisotopic (exact) mass is 209 g/mol. The van der Waals surface area contributed by atoms with Gasteiger partial charge in [-0.1, -0.05) is 26.2 Å². The molecule has 0 spiro atoms. The van der Waals surface area contributed by atoms with E-state index in [-0.39, 0.29) is 17.0 Å². The molecule has 0 aliphatic carbocycles. The Morgan fingerprint density at radius 1 is 1.30 bits per heavy atom. The summed E-state index contributed by atoms with van der Waals surface area (Å²) in [7, 11) is 2.02. The standard InChI is InChI=1S/C8H19N.BrH/c1-4-5-6-7-8(2)9-3;/h8-9H,4-7H2,1-3H3;1H. The van der Waals surface area contributed by atoms with Crippen molar-refractivity contribution in [2.75, 3.05) is 7.05 Å². The number of hydrogen-bond donors (Lipinski definition) is 1. The maximum atomic E-state index is 3.22. The van der Waals surface area contributed by atoms with Gasteiger partial charge in [-0.3, -0.25) is 0 Å². The van der Waals surface area contributed by atoms with E-state index >= 15 is 0 Å². The highest BCUT2D eigenvalue weighted by Gasteiger charge is 1.94. The maximum Gasteiger partial charge on any atom is 0.00357 e. The minimum absolute atomic E-state index is 0. The Balaban J connectivity index is 0. The fourth-order valence-corrected chi connectivity index (χ4v) is 0.845. The van der Waals surface area contributed by atoms with E-state index < -0.39 is 0 Å². The van der Waals surface area contributed by atoms with Crippen molar-refractivity contribution >= 4 is 17.0 Å². The summed E-state index contributed by atoms with van der Waals surface area (Å²) in [5.41, 5.74) is 0. The van der Waals surface area contributed by atoms with Crippen molar-refractivity contribution in [3.63, 3.8) is 0 Å². The third-order valence-electron chi connectivity index (χ3n) is 1.73. The molecule has 2 heteroatoms. The van der Waals surface area contributed by atoms with E-state index in [4.69, 9.17) is 0 Å². The first-order valence-corrected chi connectivity index (χ1v) is 3.98. The summed E-state index contributed by atoms with van der Waals surface area (Å²) in [5, 5.41) is 3.22. The van der Waals surface area contributed by atoms with Gasteiger partial charge in [-0.2, -0.15) is 0 Å². The molecule has 10 heavy (non-hydrogen) atoms. The summed E-state index contributed by atoms with van der Waals surface area (Å²) in [6.45, 7) is 4.47. The van der Waals surface area contributed by atoms with Crippen LogP contribution in [0, 0.1) is 0 Å². The number of halogens is 1. The summed E-state index contributed by atoms with van der Waals surface area (Å²) in [6, 6.07) is 0.705. The van der Waals surface area contributed by atoms with Gasteiger partial charge in [0.05, 0.1) is 0 Å². The molecular formula is C8H20BrN. The molecule has 0 saturated carbocycles. The highest BCUT2D eigenvalue weighted by atomic mass is 79.9. The normalized spacial score (nSPS) is 12.3. The fraction of sp³-hybridized carbons (Fsp3) is 1.00. The van der Waals surface area contributed by atoms with Crippen LogP contribution in [-0.4, -0.2) is 13.1 Å². The molecule has 0 amide bonds. The van der Waals surface area contributed by atoms with Gasteiger partial charge in [-0.15, -0.1) is 17.0 Å². The summed E-state index contributed by atoms with van der Waals surface area (Å²) in [5.74, 6) is 0. The molecule has 0 aromatic carbocycles. The van der Waals surface area contributed by atoms with Gasteiger partial charge >= 0.3 is 0 Å². The van der Waals surface area contributed by atoms with Crippen molar-refractivity contribution in [2.45, 2.75) is 45.6 Å². The van der Waals surface area contributed by atoms with Crippen molar-refractivity contribution in [1.82, 2.24) is 5.32 Å². The molecule has 0 rings (SSSR count). The van der Waals surface area contributed by atoms with E-state index in [1.165, 1.54) is 25.7 Å². The second-order valence-corrected chi connectivity index (χ2v) is 2.69. The van der Waals surface area contributed by atoms with Crippen LogP contribution in [0.5, 0.6) is 0 Å². The van der Waals surface area contributed by atoms with Crippen molar-refractivity contribution in [3.8, 4) is 0 Å². The lowest BCUT2D eigenvalue weighted by Gasteiger charge is -2.07. The Kier molecular flexibility index (Phi) is 12.3. The quantitative estimate of drug-likeness (QED) is 0.688. The van der Waals surface area contributed by atoms with Crippen LogP contribution in [0.1, 0.15) is 39.5 Å². The Bertz CT molecular complexity index is 57.2. The van der Waals surface area contributed by atoms with Crippen LogP contribution in [0.15, 0.2) is 0 Å². The molecule has 0 saturated heterocycles. The van der Waals surface area contributed by atoms with Crippen LogP contribution in [-0.2, 0) is 0 Å². The molecule has 0 heterocycles. The smallest absolute Gasteiger partial charge is 0.00357 e. The Morgan fingerprint density at radius 3 is 2.30 bits per heavy atom. The average Bonchev–Trinajstić information content (AvgIpc) is 1.89. The van der Waals surface area contributed by atoms with Crippen LogP contribution >= 0.6 is 17.0 Å². The number of hydrogen-bond acceptors (Lipinski definition) is 1. The number of unbranched alkanes of at least 4 members (excludes halogenated alkanes) is 2. The Labute approximate surface area is 75.4 Å². The first-order chi connectivity index (χ1) is 4.31. The Morgan fingerprint density at radius 2 is 1.90 bits per heavy atom. The molecule has 1 N–H and O–H groups in total. The zero-order chi connectivity index (χ0) is 7.11. The first-order valence-electron chi connectivity index (χ1n) is 3.98. The van der Waals surface area contributed by atoms with Crippen molar-refractivity contribution < 1.29 is 0 Å². The first kappa shape index (κ1) is 13.1. The maximum absolute atomic E-state index is 3.22. The molecule has 0 aliphatic heterocycles. The largest absolute Gasteiger partial charge is 0.317 e. The van der Waals surface area contributed by atoms with Crippen LogP contribution in [0.25, 0.3) is 0 Å². The molecule has 1 nitrogen and oxygen atoms in total. The van der Waals surface area contributed by atoms with Gasteiger partial charge in [0, 0.05) is 6.04 Å². The van der Waals surface area contributed by atoms with Crippen LogP contribution in [0.3, 0.4) is 0 Å². The van der Waals surface area contributed by atoms with E-state index in [0.717, 1.165) is 0 Å². The lowest BCUT2D eigenvalue weighted by Crippen LogP contribution is -2.20. The lowest BCUT2D eigenvalue weighted by molar-refractivity contribution is 0.525. The van der Waals surface area contributed by atoms with Gasteiger partial charge in [0.1, 0.15) is 0 Å². The third kappa shape index (κ3) is 8.44. The average molecular weight is 210 g/mol. The number of nitrogens with one attached hydrogen (secondary N) is 1. The van der Waals surface area contributed by atoms with E-state index in [0.29, 0.717) is 6.04 Å². The molecule has 1 atom stereocenters. The van der Waals surface area contributed by atoms with Gasteiger partial charge in [0.15, 0.2) is 0 Å². The minimum Gasteiger partial charge on any atom is -0.317 e. The van der Waals surface area contributed by atoms with Gasteiger partial charge in [-0.05, 0) is 20.4 Å². The molecule has 0 bridgehead atoms. The highest BCUT2D eigenvalue weighted by molar-refractivity contribution is 8.93. The van der Waals surface area contributed by atoms with Gasteiger partial charge < -0.3 is 5.32 Å². The SMILES string of the molecule is Br.CCCCCC(C)NC. The van der Waals surface area contributed by atoms with Gasteiger partial charge in [0.2, 0.25) is 0 Å². The summed E-state index contributed by atoms with van der Waals surface area (Å²) < 4.78 is 0. The second-order valence-electron chi connectivity index (χ2n) is 2.69. The third-order valence-corrected chi connectivity index (χ3v) is 1.73. The summed E-state index contributed by atoms with van der Waals surface area (Å²) in [6.07, 6.45) is 5.41. The summed E-state index contributed by atoms with van der Waals surface area (Å²) in [4.78, 5) is 0. The molecule has 64 valence electrons. The topological polar surface area (TPSA) is 12.0 Å². The fourth-order valence-electron chi connectivity index (χ4n) is 0.845. The molecule has 0 aliphatic rings. The lowest BCUT2D eigenvalue weighted by atomic mass is 10.1. The van der Waals surface area contributed by atoms with Crippen molar-refractivity contribution in [3.05, 3.63) is 0 Å².